The Balaban J connectivity index is 1.25. The maximum atomic E-state index is 6.35. The van der Waals surface area contributed by atoms with Gasteiger partial charge in [0.05, 0.1) is 13.2 Å². The molecule has 1 saturated carbocycles. The van der Waals surface area contributed by atoms with Gasteiger partial charge >= 0.3 is 6.01 Å². The third-order valence-electron chi connectivity index (χ3n) is 6.44. The summed E-state index contributed by atoms with van der Waals surface area (Å²) in [6.07, 6.45) is 16.9. The zero-order valence-corrected chi connectivity index (χ0v) is 18.9. The molecule has 1 aliphatic heterocycles. The van der Waals surface area contributed by atoms with E-state index >= 15 is 0 Å². The van der Waals surface area contributed by atoms with Gasteiger partial charge in [0.15, 0.2) is 5.79 Å². The fourth-order valence-corrected chi connectivity index (χ4v) is 4.55. The summed E-state index contributed by atoms with van der Waals surface area (Å²) in [5.41, 5.74) is 3.26. The maximum Gasteiger partial charge on any atom is 0.316 e. The minimum atomic E-state index is -0.333. The molecule has 1 unspecified atom stereocenters. The van der Waals surface area contributed by atoms with Crippen LogP contribution in [0.15, 0.2) is 36.7 Å². The smallest absolute Gasteiger partial charge is 0.316 e. The normalized spacial score (nSPS) is 20.2. The summed E-state index contributed by atoms with van der Waals surface area (Å²) >= 11 is 0. The van der Waals surface area contributed by atoms with Gasteiger partial charge in [0.2, 0.25) is 0 Å². The van der Waals surface area contributed by atoms with Gasteiger partial charge < -0.3 is 14.2 Å². The van der Waals surface area contributed by atoms with E-state index in [-0.39, 0.29) is 11.9 Å². The second-order valence-electron chi connectivity index (χ2n) is 8.88. The van der Waals surface area contributed by atoms with Gasteiger partial charge in [0, 0.05) is 30.8 Å². The summed E-state index contributed by atoms with van der Waals surface area (Å²) in [7, 11) is 0. The predicted molar refractivity (Wildman–Crippen MR) is 122 cm³/mol. The fraction of sp³-hybridized carbons (Fsp3) is 0.615. The molecule has 5 nitrogen and oxygen atoms in total. The number of nitrogens with zero attached hydrogens (tertiary/aromatic N) is 2. The molecule has 2 fully saturated rings. The van der Waals surface area contributed by atoms with Gasteiger partial charge in [0.1, 0.15) is 6.10 Å². The Labute approximate surface area is 186 Å². The highest BCUT2D eigenvalue weighted by atomic mass is 16.7. The highest BCUT2D eigenvalue weighted by Gasteiger charge is 2.42. The van der Waals surface area contributed by atoms with Crippen LogP contribution >= 0.6 is 0 Å². The monoisotopic (exact) mass is 424 g/mol. The number of unbranched alkanes of at least 4 members (excludes halogenated alkanes) is 5. The van der Waals surface area contributed by atoms with Crippen molar-refractivity contribution in [2.24, 2.45) is 0 Å². The molecule has 4 rings (SSSR count). The van der Waals surface area contributed by atoms with E-state index in [9.17, 15) is 0 Å². The largest absolute Gasteiger partial charge is 0.463 e. The standard InChI is InChI=1S/C26H36N2O3/c1-2-3-4-5-6-10-17-29-25-27-18-23(19-28-25)21-11-13-22(14-12-21)24-20-30-26(31-24)15-8-7-9-16-26/h11-14,18-19,24H,2-10,15-17,20H2,1H3. The van der Waals surface area contributed by atoms with Crippen molar-refractivity contribution in [3.8, 4) is 17.1 Å². The Kier molecular flexibility index (Phi) is 7.92. The van der Waals surface area contributed by atoms with E-state index in [0.29, 0.717) is 19.2 Å². The fourth-order valence-electron chi connectivity index (χ4n) is 4.55. The maximum absolute atomic E-state index is 6.35. The van der Waals surface area contributed by atoms with Gasteiger partial charge in [-0.15, -0.1) is 0 Å². The molecule has 31 heavy (non-hydrogen) atoms. The van der Waals surface area contributed by atoms with Gasteiger partial charge in [-0.25, -0.2) is 9.97 Å². The molecule has 0 bridgehead atoms. The van der Waals surface area contributed by atoms with Crippen LogP contribution in [0.4, 0.5) is 0 Å². The molecule has 2 aliphatic rings. The summed E-state index contributed by atoms with van der Waals surface area (Å²) in [6, 6.07) is 8.95. The van der Waals surface area contributed by atoms with Crippen molar-refractivity contribution in [3.05, 3.63) is 42.2 Å². The molecule has 1 aliphatic carbocycles. The lowest BCUT2D eigenvalue weighted by molar-refractivity contribution is -0.187. The molecule has 5 heteroatoms. The molecule has 0 N–H and O–H groups in total. The lowest BCUT2D eigenvalue weighted by Crippen LogP contribution is -2.32. The molecule has 1 aromatic heterocycles. The van der Waals surface area contributed by atoms with Crippen LogP contribution in [0.25, 0.3) is 11.1 Å². The van der Waals surface area contributed by atoms with Gasteiger partial charge in [-0.3, -0.25) is 0 Å². The average molecular weight is 425 g/mol. The van der Waals surface area contributed by atoms with Crippen molar-refractivity contribution in [2.75, 3.05) is 13.2 Å². The SMILES string of the molecule is CCCCCCCCOc1ncc(-c2ccc(C3COC4(CCCCC4)O3)cc2)cn1. The van der Waals surface area contributed by atoms with Crippen LogP contribution in [0, 0.1) is 0 Å². The number of hydrogen-bond donors (Lipinski definition) is 0. The van der Waals surface area contributed by atoms with Crippen molar-refractivity contribution in [2.45, 2.75) is 89.4 Å². The summed E-state index contributed by atoms with van der Waals surface area (Å²) in [6.45, 7) is 3.57. The highest BCUT2D eigenvalue weighted by molar-refractivity contribution is 5.61. The highest BCUT2D eigenvalue weighted by Crippen LogP contribution is 2.42. The Hall–Kier alpha value is -1.98. The molecule has 1 aromatic carbocycles. The number of ether oxygens (including phenoxy) is 3. The number of aromatic nitrogens is 2. The lowest BCUT2D eigenvalue weighted by atomic mass is 9.94. The molecule has 1 spiro atoms. The topological polar surface area (TPSA) is 53.5 Å². The summed E-state index contributed by atoms with van der Waals surface area (Å²) in [5, 5.41) is 0. The molecule has 2 heterocycles. The molecule has 1 saturated heterocycles. The van der Waals surface area contributed by atoms with E-state index in [1.165, 1.54) is 56.9 Å². The van der Waals surface area contributed by atoms with E-state index in [2.05, 4.69) is 41.2 Å². The van der Waals surface area contributed by atoms with Crippen LogP contribution in [-0.2, 0) is 9.47 Å². The van der Waals surface area contributed by atoms with Crippen LogP contribution < -0.4 is 4.74 Å². The molecule has 1 atom stereocenters. The summed E-state index contributed by atoms with van der Waals surface area (Å²) in [5.74, 6) is -0.333. The van der Waals surface area contributed by atoms with Gasteiger partial charge in [-0.1, -0.05) is 69.7 Å². The molecule has 168 valence electrons. The van der Waals surface area contributed by atoms with E-state index < -0.39 is 0 Å². The van der Waals surface area contributed by atoms with Gasteiger partial charge in [-0.05, 0) is 30.4 Å². The lowest BCUT2D eigenvalue weighted by Gasteiger charge is -2.31. The van der Waals surface area contributed by atoms with Crippen LogP contribution in [0.5, 0.6) is 6.01 Å². The van der Waals surface area contributed by atoms with Crippen LogP contribution in [-0.4, -0.2) is 29.0 Å². The van der Waals surface area contributed by atoms with E-state index in [1.54, 1.807) is 0 Å². The molecule has 0 radical (unpaired) electrons. The second-order valence-corrected chi connectivity index (χ2v) is 8.88. The number of rotatable bonds is 10. The minimum absolute atomic E-state index is 0.0288. The van der Waals surface area contributed by atoms with Crippen LogP contribution in [0.3, 0.4) is 0 Å². The Morgan fingerprint density at radius 2 is 1.61 bits per heavy atom. The first-order valence-corrected chi connectivity index (χ1v) is 12.1. The van der Waals surface area contributed by atoms with Crippen molar-refractivity contribution < 1.29 is 14.2 Å². The van der Waals surface area contributed by atoms with E-state index in [1.807, 2.05) is 12.4 Å². The minimum Gasteiger partial charge on any atom is -0.463 e. The summed E-state index contributed by atoms with van der Waals surface area (Å²) < 4.78 is 18.1. The molecular weight excluding hydrogens is 388 g/mol. The van der Waals surface area contributed by atoms with Crippen molar-refractivity contribution >= 4 is 0 Å². The Morgan fingerprint density at radius 3 is 2.35 bits per heavy atom. The zero-order valence-electron chi connectivity index (χ0n) is 18.9. The predicted octanol–water partition coefficient (Wildman–Crippen LogP) is 6.63. The van der Waals surface area contributed by atoms with Gasteiger partial charge in [-0.2, -0.15) is 0 Å². The number of benzene rings is 1. The van der Waals surface area contributed by atoms with Crippen LogP contribution in [0.1, 0.15) is 89.2 Å². The second kappa shape index (κ2) is 11.1. The quantitative estimate of drug-likeness (QED) is 0.401. The first kappa shape index (κ1) is 22.2. The van der Waals surface area contributed by atoms with Crippen molar-refractivity contribution in [3.63, 3.8) is 0 Å². The summed E-state index contributed by atoms with van der Waals surface area (Å²) in [4.78, 5) is 8.76. The van der Waals surface area contributed by atoms with Crippen molar-refractivity contribution in [1.29, 1.82) is 0 Å². The van der Waals surface area contributed by atoms with Crippen molar-refractivity contribution in [1.82, 2.24) is 9.97 Å². The Bertz CT molecular complexity index is 785. The third-order valence-corrected chi connectivity index (χ3v) is 6.44. The van der Waals surface area contributed by atoms with E-state index in [4.69, 9.17) is 14.2 Å². The molecular formula is C26H36N2O3. The zero-order chi connectivity index (χ0) is 21.4. The first-order valence-electron chi connectivity index (χ1n) is 12.1. The molecule has 0 amide bonds. The first-order chi connectivity index (χ1) is 15.3. The Morgan fingerprint density at radius 1 is 0.903 bits per heavy atom. The number of hydrogen-bond acceptors (Lipinski definition) is 5. The van der Waals surface area contributed by atoms with Gasteiger partial charge in [0.25, 0.3) is 0 Å². The van der Waals surface area contributed by atoms with E-state index in [0.717, 1.165) is 30.4 Å². The average Bonchev–Trinajstić information content (AvgIpc) is 3.22. The van der Waals surface area contributed by atoms with Crippen LogP contribution in [0.2, 0.25) is 0 Å². The molecule has 2 aromatic rings. The third kappa shape index (κ3) is 6.05.